The predicted octanol–water partition coefficient (Wildman–Crippen LogP) is 1.14. The monoisotopic (exact) mass is 330 g/mol. The molecule has 130 valence electrons. The van der Waals surface area contributed by atoms with Crippen molar-refractivity contribution in [1.82, 2.24) is 15.5 Å². The molecule has 1 saturated carbocycles. The molecule has 2 aliphatic rings. The molecule has 6 nitrogen and oxygen atoms in total. The lowest BCUT2D eigenvalue weighted by Gasteiger charge is -2.30. The summed E-state index contributed by atoms with van der Waals surface area (Å²) in [4.78, 5) is 26.2. The van der Waals surface area contributed by atoms with Crippen LogP contribution in [0.2, 0.25) is 0 Å². The molecule has 3 amide bonds. The fraction of sp³-hybridized carbons (Fsp3) is 0.556. The third kappa shape index (κ3) is 3.70. The number of hydrogen-bond donors (Lipinski definition) is 3. The molecule has 0 spiro atoms. The third-order valence-corrected chi connectivity index (χ3v) is 5.17. The molecule has 1 heterocycles. The van der Waals surface area contributed by atoms with Crippen molar-refractivity contribution in [3.05, 3.63) is 35.4 Å². The molecular weight excluding hydrogens is 304 g/mol. The standard InChI is InChI=1S/C18H26N4O2/c19-13-18(8-3-4-9-18)21-16(23)11-20-17(24)22-10-7-14-5-1-2-6-15(14)12-22/h1-2,5-6H,3-4,7-13,19H2,(H,20,24)(H,21,23). The molecule has 6 heteroatoms. The number of nitrogens with zero attached hydrogens (tertiary/aromatic N) is 1. The average Bonchev–Trinajstić information content (AvgIpc) is 3.08. The molecule has 24 heavy (non-hydrogen) atoms. The fourth-order valence-corrected chi connectivity index (χ4v) is 3.71. The number of rotatable bonds is 4. The first kappa shape index (κ1) is 16.8. The van der Waals surface area contributed by atoms with E-state index in [4.69, 9.17) is 5.73 Å². The number of benzene rings is 1. The summed E-state index contributed by atoms with van der Waals surface area (Å²) in [6.07, 6.45) is 4.89. The van der Waals surface area contributed by atoms with Gasteiger partial charge in [0.15, 0.2) is 0 Å². The Kier molecular flexibility index (Phi) is 5.04. The van der Waals surface area contributed by atoms with Gasteiger partial charge in [-0.1, -0.05) is 37.1 Å². The van der Waals surface area contributed by atoms with E-state index in [0.29, 0.717) is 19.6 Å². The maximum atomic E-state index is 12.3. The number of amides is 3. The highest BCUT2D eigenvalue weighted by atomic mass is 16.2. The summed E-state index contributed by atoms with van der Waals surface area (Å²) in [6, 6.07) is 7.97. The summed E-state index contributed by atoms with van der Waals surface area (Å²) in [5, 5.41) is 5.75. The summed E-state index contributed by atoms with van der Waals surface area (Å²) in [5.41, 5.74) is 8.03. The lowest BCUT2D eigenvalue weighted by atomic mass is 9.98. The van der Waals surface area contributed by atoms with E-state index in [-0.39, 0.29) is 24.0 Å². The lowest BCUT2D eigenvalue weighted by molar-refractivity contribution is -0.121. The second-order valence-electron chi connectivity index (χ2n) is 6.84. The number of carbonyl (C=O) groups is 2. The van der Waals surface area contributed by atoms with E-state index < -0.39 is 0 Å². The van der Waals surface area contributed by atoms with Crippen LogP contribution in [0, 0.1) is 0 Å². The van der Waals surface area contributed by atoms with Crippen LogP contribution in [0.25, 0.3) is 0 Å². The molecule has 1 aromatic rings. The summed E-state index contributed by atoms with van der Waals surface area (Å²) >= 11 is 0. The molecule has 3 rings (SSSR count). The van der Waals surface area contributed by atoms with Gasteiger partial charge in [-0.3, -0.25) is 4.79 Å². The van der Waals surface area contributed by atoms with Crippen molar-refractivity contribution in [3.63, 3.8) is 0 Å². The van der Waals surface area contributed by atoms with E-state index >= 15 is 0 Å². The molecule has 0 radical (unpaired) electrons. The SMILES string of the molecule is NCC1(NC(=O)CNC(=O)N2CCc3ccccc3C2)CCCC1. The van der Waals surface area contributed by atoms with Crippen LogP contribution >= 0.6 is 0 Å². The molecule has 1 aromatic carbocycles. The Morgan fingerprint density at radius 2 is 1.88 bits per heavy atom. The normalized spacial score (nSPS) is 18.8. The quantitative estimate of drug-likeness (QED) is 0.774. The van der Waals surface area contributed by atoms with Gasteiger partial charge in [0.1, 0.15) is 0 Å². The van der Waals surface area contributed by atoms with E-state index in [1.165, 1.54) is 11.1 Å². The Labute approximate surface area is 142 Å². The van der Waals surface area contributed by atoms with E-state index in [9.17, 15) is 9.59 Å². The number of carbonyl (C=O) groups excluding carboxylic acids is 2. The largest absolute Gasteiger partial charge is 0.348 e. The molecule has 0 atom stereocenters. The second kappa shape index (κ2) is 7.21. The Hall–Kier alpha value is -2.08. The number of nitrogens with two attached hydrogens (primary N) is 1. The van der Waals surface area contributed by atoms with Gasteiger partial charge >= 0.3 is 6.03 Å². The van der Waals surface area contributed by atoms with Gasteiger partial charge in [0.05, 0.1) is 12.1 Å². The zero-order chi connectivity index (χ0) is 17.0. The molecule has 0 unspecified atom stereocenters. The van der Waals surface area contributed by atoms with E-state index in [0.717, 1.165) is 32.1 Å². The smallest absolute Gasteiger partial charge is 0.318 e. The van der Waals surface area contributed by atoms with Gasteiger partial charge in [0, 0.05) is 19.6 Å². The van der Waals surface area contributed by atoms with E-state index in [1.54, 1.807) is 4.90 Å². The molecule has 0 bridgehead atoms. The Bertz CT molecular complexity index is 611. The van der Waals surface area contributed by atoms with Gasteiger partial charge in [-0.2, -0.15) is 0 Å². The third-order valence-electron chi connectivity index (χ3n) is 5.17. The highest BCUT2D eigenvalue weighted by molar-refractivity contribution is 5.84. The summed E-state index contributed by atoms with van der Waals surface area (Å²) in [5.74, 6) is -0.159. The molecule has 1 fully saturated rings. The summed E-state index contributed by atoms with van der Waals surface area (Å²) < 4.78 is 0. The zero-order valence-corrected chi connectivity index (χ0v) is 14.0. The summed E-state index contributed by atoms with van der Waals surface area (Å²) in [6.45, 7) is 1.72. The van der Waals surface area contributed by atoms with Crippen LogP contribution in [0.1, 0.15) is 36.8 Å². The fourth-order valence-electron chi connectivity index (χ4n) is 3.71. The minimum absolute atomic E-state index is 0.00126. The van der Waals surface area contributed by atoms with Gasteiger partial charge in [-0.15, -0.1) is 0 Å². The van der Waals surface area contributed by atoms with Gasteiger partial charge < -0.3 is 21.3 Å². The van der Waals surface area contributed by atoms with Crippen molar-refractivity contribution in [2.75, 3.05) is 19.6 Å². The van der Waals surface area contributed by atoms with Crippen molar-refractivity contribution in [3.8, 4) is 0 Å². The van der Waals surface area contributed by atoms with Crippen LogP contribution in [-0.4, -0.2) is 42.0 Å². The second-order valence-corrected chi connectivity index (χ2v) is 6.84. The van der Waals surface area contributed by atoms with Crippen molar-refractivity contribution >= 4 is 11.9 Å². The van der Waals surface area contributed by atoms with Crippen molar-refractivity contribution < 1.29 is 9.59 Å². The predicted molar refractivity (Wildman–Crippen MR) is 92.4 cm³/mol. The van der Waals surface area contributed by atoms with Crippen LogP contribution in [0.4, 0.5) is 4.79 Å². The lowest BCUT2D eigenvalue weighted by Crippen LogP contribution is -2.55. The minimum Gasteiger partial charge on any atom is -0.348 e. The molecule has 1 aliphatic carbocycles. The van der Waals surface area contributed by atoms with Crippen molar-refractivity contribution in [2.24, 2.45) is 5.73 Å². The van der Waals surface area contributed by atoms with E-state index in [2.05, 4.69) is 16.7 Å². The van der Waals surface area contributed by atoms with Gasteiger partial charge in [-0.25, -0.2) is 4.79 Å². The first-order valence-corrected chi connectivity index (χ1v) is 8.72. The Balaban J connectivity index is 1.48. The van der Waals surface area contributed by atoms with Crippen LogP contribution in [0.3, 0.4) is 0 Å². The number of fused-ring (bicyclic) bond motifs is 1. The van der Waals surface area contributed by atoms with Crippen LogP contribution in [0.15, 0.2) is 24.3 Å². The minimum atomic E-state index is -0.272. The molecule has 0 saturated heterocycles. The van der Waals surface area contributed by atoms with Crippen LogP contribution in [-0.2, 0) is 17.8 Å². The van der Waals surface area contributed by atoms with Crippen LogP contribution in [0.5, 0.6) is 0 Å². The van der Waals surface area contributed by atoms with Crippen molar-refractivity contribution in [2.45, 2.75) is 44.2 Å². The molecular formula is C18H26N4O2. The Morgan fingerprint density at radius 3 is 2.58 bits per heavy atom. The summed E-state index contributed by atoms with van der Waals surface area (Å²) in [7, 11) is 0. The molecule has 4 N–H and O–H groups in total. The van der Waals surface area contributed by atoms with Gasteiger partial charge in [0.25, 0.3) is 0 Å². The number of nitrogens with one attached hydrogen (secondary N) is 2. The van der Waals surface area contributed by atoms with Crippen LogP contribution < -0.4 is 16.4 Å². The average molecular weight is 330 g/mol. The topological polar surface area (TPSA) is 87.5 Å². The molecule has 0 aromatic heterocycles. The Morgan fingerprint density at radius 1 is 1.17 bits per heavy atom. The zero-order valence-electron chi connectivity index (χ0n) is 14.0. The highest BCUT2D eigenvalue weighted by Crippen LogP contribution is 2.28. The maximum absolute atomic E-state index is 12.3. The molecule has 1 aliphatic heterocycles. The first-order valence-electron chi connectivity index (χ1n) is 8.72. The first-order chi connectivity index (χ1) is 11.6. The maximum Gasteiger partial charge on any atom is 0.318 e. The number of urea groups is 1. The number of hydrogen-bond acceptors (Lipinski definition) is 3. The highest BCUT2D eigenvalue weighted by Gasteiger charge is 2.33. The van der Waals surface area contributed by atoms with Gasteiger partial charge in [-0.05, 0) is 30.4 Å². The van der Waals surface area contributed by atoms with Crippen molar-refractivity contribution in [1.29, 1.82) is 0 Å². The van der Waals surface area contributed by atoms with Gasteiger partial charge in [0.2, 0.25) is 5.91 Å². The van der Waals surface area contributed by atoms with E-state index in [1.807, 2.05) is 18.2 Å².